The second-order valence-corrected chi connectivity index (χ2v) is 4.82. The van der Waals surface area contributed by atoms with E-state index in [1.807, 2.05) is 74.5 Å². The van der Waals surface area contributed by atoms with Gasteiger partial charge in [0.15, 0.2) is 0 Å². The van der Waals surface area contributed by atoms with Gasteiger partial charge in [0.1, 0.15) is 5.60 Å². The smallest absolute Gasteiger partial charge is 0.110 e. The highest BCUT2D eigenvalue weighted by atomic mass is 16.3. The molecule has 0 radical (unpaired) electrons. The molecule has 0 aliphatic rings. The summed E-state index contributed by atoms with van der Waals surface area (Å²) < 4.78 is 0. The molecule has 0 saturated heterocycles. The zero-order chi connectivity index (χ0) is 13.7. The van der Waals surface area contributed by atoms with Crippen LogP contribution in [0.2, 0.25) is 0 Å². The van der Waals surface area contributed by atoms with E-state index < -0.39 is 5.60 Å². The number of hydrogen-bond acceptors (Lipinski definition) is 1. The van der Waals surface area contributed by atoms with Crippen LogP contribution in [0.5, 0.6) is 0 Å². The summed E-state index contributed by atoms with van der Waals surface area (Å²) in [6.45, 7) is 4.00. The zero-order valence-electron chi connectivity index (χ0n) is 11.5. The van der Waals surface area contributed by atoms with Gasteiger partial charge in [-0.15, -0.1) is 0 Å². The first-order valence-electron chi connectivity index (χ1n) is 6.68. The van der Waals surface area contributed by atoms with Gasteiger partial charge in [-0.25, -0.2) is 0 Å². The Morgan fingerprint density at radius 1 is 1.00 bits per heavy atom. The van der Waals surface area contributed by atoms with Gasteiger partial charge in [0.05, 0.1) is 0 Å². The lowest BCUT2D eigenvalue weighted by molar-refractivity contribution is 0.0731. The maximum atomic E-state index is 11.0. The second kappa shape index (κ2) is 5.85. The highest BCUT2D eigenvalue weighted by molar-refractivity contribution is 5.55. The van der Waals surface area contributed by atoms with Gasteiger partial charge in [0.2, 0.25) is 0 Å². The van der Waals surface area contributed by atoms with Gasteiger partial charge in [-0.1, -0.05) is 73.7 Å². The van der Waals surface area contributed by atoms with Crippen LogP contribution in [-0.4, -0.2) is 5.11 Å². The van der Waals surface area contributed by atoms with Crippen molar-refractivity contribution in [3.63, 3.8) is 0 Å². The first-order valence-corrected chi connectivity index (χ1v) is 6.68. The Kier molecular flexibility index (Phi) is 4.18. The van der Waals surface area contributed by atoms with Crippen molar-refractivity contribution in [3.05, 3.63) is 77.4 Å². The van der Waals surface area contributed by atoms with Crippen LogP contribution in [0.3, 0.4) is 0 Å². The molecular formula is C18H20O. The van der Waals surface area contributed by atoms with Crippen LogP contribution in [0.4, 0.5) is 0 Å². The molecule has 2 rings (SSSR count). The standard InChI is InChI=1S/C18H20O/c1-3-18(19,17-12-8-5-9-13-17)15(2)14-16-10-6-4-7-11-16/h4-14,19H,3H2,1-2H3/b15-14+. The van der Waals surface area contributed by atoms with Crippen LogP contribution < -0.4 is 0 Å². The Hall–Kier alpha value is -1.86. The molecule has 1 atom stereocenters. The summed E-state index contributed by atoms with van der Waals surface area (Å²) in [5.74, 6) is 0. The summed E-state index contributed by atoms with van der Waals surface area (Å²) in [7, 11) is 0. The molecule has 0 aliphatic carbocycles. The summed E-state index contributed by atoms with van der Waals surface area (Å²) in [6, 6.07) is 20.0. The first kappa shape index (κ1) is 13.6. The van der Waals surface area contributed by atoms with Crippen LogP contribution in [0.1, 0.15) is 31.4 Å². The van der Waals surface area contributed by atoms with Gasteiger partial charge in [0, 0.05) is 0 Å². The third kappa shape index (κ3) is 2.94. The summed E-state index contributed by atoms with van der Waals surface area (Å²) in [6.07, 6.45) is 2.71. The molecule has 1 unspecified atom stereocenters. The molecule has 2 aromatic carbocycles. The quantitative estimate of drug-likeness (QED) is 0.855. The van der Waals surface area contributed by atoms with Gasteiger partial charge in [-0.05, 0) is 30.0 Å². The van der Waals surface area contributed by atoms with E-state index in [1.165, 1.54) is 0 Å². The fourth-order valence-electron chi connectivity index (χ4n) is 2.34. The van der Waals surface area contributed by atoms with Gasteiger partial charge >= 0.3 is 0 Å². The van der Waals surface area contributed by atoms with E-state index in [1.54, 1.807) is 0 Å². The van der Waals surface area contributed by atoms with Crippen LogP contribution in [0.15, 0.2) is 66.2 Å². The molecule has 0 aromatic heterocycles. The number of hydrogen-bond donors (Lipinski definition) is 1. The highest BCUT2D eigenvalue weighted by Crippen LogP contribution is 2.33. The molecule has 0 aliphatic heterocycles. The maximum absolute atomic E-state index is 11.0. The maximum Gasteiger partial charge on any atom is 0.110 e. The number of benzene rings is 2. The highest BCUT2D eigenvalue weighted by Gasteiger charge is 2.28. The lowest BCUT2D eigenvalue weighted by Gasteiger charge is -2.28. The lowest BCUT2D eigenvalue weighted by atomic mass is 9.84. The summed E-state index contributed by atoms with van der Waals surface area (Å²) in [5.41, 5.74) is 2.13. The van der Waals surface area contributed by atoms with E-state index in [4.69, 9.17) is 0 Å². The molecule has 1 N–H and O–H groups in total. The molecule has 0 amide bonds. The summed E-state index contributed by atoms with van der Waals surface area (Å²) in [4.78, 5) is 0. The third-order valence-electron chi connectivity index (χ3n) is 3.60. The largest absolute Gasteiger partial charge is 0.381 e. The topological polar surface area (TPSA) is 20.2 Å². The SMILES string of the molecule is CCC(O)(/C(C)=C/c1ccccc1)c1ccccc1. The Morgan fingerprint density at radius 3 is 2.05 bits per heavy atom. The number of rotatable bonds is 4. The molecule has 98 valence electrons. The summed E-state index contributed by atoms with van der Waals surface area (Å²) in [5, 5.41) is 11.0. The van der Waals surface area contributed by atoms with Gasteiger partial charge in [-0.2, -0.15) is 0 Å². The Balaban J connectivity index is 2.39. The predicted octanol–water partition coefficient (Wildman–Crippen LogP) is 4.39. The Bertz CT molecular complexity index is 542. The van der Waals surface area contributed by atoms with Crippen molar-refractivity contribution in [2.75, 3.05) is 0 Å². The predicted molar refractivity (Wildman–Crippen MR) is 80.7 cm³/mol. The van der Waals surface area contributed by atoms with Crippen molar-refractivity contribution >= 4 is 6.08 Å². The molecule has 0 spiro atoms. The van der Waals surface area contributed by atoms with E-state index in [-0.39, 0.29) is 0 Å². The van der Waals surface area contributed by atoms with Crippen LogP contribution in [0, 0.1) is 0 Å². The van der Waals surface area contributed by atoms with E-state index >= 15 is 0 Å². The van der Waals surface area contributed by atoms with Gasteiger partial charge < -0.3 is 5.11 Å². The van der Waals surface area contributed by atoms with Crippen molar-refractivity contribution in [2.45, 2.75) is 25.9 Å². The minimum absolute atomic E-state index is 0.659. The molecule has 1 nitrogen and oxygen atoms in total. The molecule has 1 heteroatoms. The Morgan fingerprint density at radius 2 is 1.53 bits per heavy atom. The molecule has 0 bridgehead atoms. The molecule has 19 heavy (non-hydrogen) atoms. The number of aliphatic hydroxyl groups is 1. The molecular weight excluding hydrogens is 232 g/mol. The fraction of sp³-hybridized carbons (Fsp3) is 0.222. The average Bonchev–Trinajstić information content (AvgIpc) is 2.48. The fourth-order valence-corrected chi connectivity index (χ4v) is 2.34. The minimum Gasteiger partial charge on any atom is -0.381 e. The van der Waals surface area contributed by atoms with Gasteiger partial charge in [-0.3, -0.25) is 0 Å². The van der Waals surface area contributed by atoms with E-state index in [9.17, 15) is 5.11 Å². The van der Waals surface area contributed by atoms with Crippen LogP contribution in [0.25, 0.3) is 6.08 Å². The summed E-state index contributed by atoms with van der Waals surface area (Å²) >= 11 is 0. The van der Waals surface area contributed by atoms with Crippen LogP contribution >= 0.6 is 0 Å². The second-order valence-electron chi connectivity index (χ2n) is 4.82. The molecule has 0 saturated carbocycles. The van der Waals surface area contributed by atoms with Crippen molar-refractivity contribution < 1.29 is 5.11 Å². The molecule has 0 fully saturated rings. The van der Waals surface area contributed by atoms with Crippen molar-refractivity contribution in [3.8, 4) is 0 Å². The minimum atomic E-state index is -0.892. The van der Waals surface area contributed by atoms with E-state index in [0.29, 0.717) is 6.42 Å². The lowest BCUT2D eigenvalue weighted by Crippen LogP contribution is -2.26. The molecule has 2 aromatic rings. The van der Waals surface area contributed by atoms with Crippen LogP contribution in [-0.2, 0) is 5.60 Å². The Labute approximate surface area is 115 Å². The van der Waals surface area contributed by atoms with Gasteiger partial charge in [0.25, 0.3) is 0 Å². The normalized spacial score (nSPS) is 15.0. The molecule has 0 heterocycles. The van der Waals surface area contributed by atoms with Crippen molar-refractivity contribution in [1.82, 2.24) is 0 Å². The van der Waals surface area contributed by atoms with E-state index in [2.05, 4.69) is 6.08 Å². The van der Waals surface area contributed by atoms with E-state index in [0.717, 1.165) is 16.7 Å². The third-order valence-corrected chi connectivity index (χ3v) is 3.60. The average molecular weight is 252 g/mol. The monoisotopic (exact) mass is 252 g/mol. The van der Waals surface area contributed by atoms with Crippen molar-refractivity contribution in [1.29, 1.82) is 0 Å². The first-order chi connectivity index (χ1) is 9.16. The zero-order valence-corrected chi connectivity index (χ0v) is 11.5. The van der Waals surface area contributed by atoms with Crippen molar-refractivity contribution in [2.24, 2.45) is 0 Å².